The largest absolute Gasteiger partial charge is 0.295 e. The molecule has 0 saturated heterocycles. The minimum Gasteiger partial charge on any atom is -0.295 e. The third kappa shape index (κ3) is 3.29. The van der Waals surface area contributed by atoms with E-state index >= 15 is 0 Å². The number of hydrogen-bond donors (Lipinski definition) is 0. The Balaban J connectivity index is 2.95. The van der Waals surface area contributed by atoms with Crippen LogP contribution in [0.5, 0.6) is 0 Å². The lowest BCUT2D eigenvalue weighted by Gasteiger charge is -2.12. The van der Waals surface area contributed by atoms with Crippen LogP contribution >= 0.6 is 31.9 Å². The maximum atomic E-state index is 11.4. The molecule has 0 bridgehead atoms. The molecule has 0 aliphatic heterocycles. The molecule has 1 atom stereocenters. The van der Waals surface area contributed by atoms with Crippen LogP contribution in [0.1, 0.15) is 29.8 Å². The van der Waals surface area contributed by atoms with Crippen LogP contribution in [-0.4, -0.2) is 5.78 Å². The molecule has 0 aliphatic rings. The van der Waals surface area contributed by atoms with E-state index in [1.54, 1.807) is 11.9 Å². The number of carbonyl (C=O) groups excluding carboxylic acids is 1. The Morgan fingerprint density at radius 1 is 1.38 bits per heavy atom. The highest BCUT2D eigenvalue weighted by Crippen LogP contribution is 2.32. The van der Waals surface area contributed by atoms with Crippen molar-refractivity contribution in [1.82, 2.24) is 0 Å². The van der Waals surface area contributed by atoms with Crippen molar-refractivity contribution in [3.8, 4) is 0 Å². The van der Waals surface area contributed by atoms with Gasteiger partial charge < -0.3 is 0 Å². The van der Waals surface area contributed by atoms with Crippen molar-refractivity contribution in [3.05, 3.63) is 46.0 Å². The van der Waals surface area contributed by atoms with Gasteiger partial charge >= 0.3 is 0 Å². The molecule has 0 saturated carbocycles. The van der Waals surface area contributed by atoms with E-state index in [0.29, 0.717) is 0 Å². The number of aryl methyl sites for hydroxylation is 1. The van der Waals surface area contributed by atoms with Gasteiger partial charge in [-0.1, -0.05) is 63.0 Å². The second-order valence-corrected chi connectivity index (χ2v) is 4.95. The summed E-state index contributed by atoms with van der Waals surface area (Å²) >= 11 is 6.77. The molecule has 3 heteroatoms. The van der Waals surface area contributed by atoms with E-state index in [9.17, 15) is 4.79 Å². The van der Waals surface area contributed by atoms with Crippen LogP contribution in [0, 0.1) is 0 Å². The van der Waals surface area contributed by atoms with Crippen LogP contribution in [0.4, 0.5) is 0 Å². The molecule has 0 heterocycles. The van der Waals surface area contributed by atoms with E-state index in [2.05, 4.69) is 63.0 Å². The molecule has 16 heavy (non-hydrogen) atoms. The average molecular weight is 346 g/mol. The number of allylic oxidation sites excluding steroid dienone is 1. The number of benzene rings is 1. The Morgan fingerprint density at radius 3 is 2.31 bits per heavy atom. The highest BCUT2D eigenvalue weighted by atomic mass is 79.9. The van der Waals surface area contributed by atoms with E-state index in [1.165, 1.54) is 5.56 Å². The van der Waals surface area contributed by atoms with Crippen LogP contribution in [0.25, 0.3) is 0 Å². The average Bonchev–Trinajstić information content (AvgIpc) is 2.29. The summed E-state index contributed by atoms with van der Waals surface area (Å²) in [6, 6.07) is 8.29. The van der Waals surface area contributed by atoms with Crippen LogP contribution in [0.3, 0.4) is 0 Å². The molecule has 1 aromatic rings. The number of rotatable bonds is 4. The van der Waals surface area contributed by atoms with Crippen molar-refractivity contribution in [1.29, 1.82) is 0 Å². The Morgan fingerprint density at radius 2 is 1.94 bits per heavy atom. The molecule has 0 spiro atoms. The molecule has 0 fully saturated rings. The molecule has 0 N–H and O–H groups in total. The van der Waals surface area contributed by atoms with Crippen molar-refractivity contribution in [2.24, 2.45) is 0 Å². The molecule has 1 nitrogen and oxygen atoms in total. The van der Waals surface area contributed by atoms with E-state index in [0.717, 1.165) is 17.6 Å². The number of halogens is 2. The zero-order valence-electron chi connectivity index (χ0n) is 9.34. The fraction of sp³-hybridized carbons (Fsp3) is 0.308. The lowest BCUT2D eigenvalue weighted by Crippen LogP contribution is -2.03. The molecule has 0 radical (unpaired) electrons. The van der Waals surface area contributed by atoms with E-state index < -0.39 is 0 Å². The topological polar surface area (TPSA) is 17.1 Å². The van der Waals surface area contributed by atoms with Gasteiger partial charge in [0.25, 0.3) is 0 Å². The SMILES string of the molecule is CCc1ccc(C(Br)/C(=C/Br)C(C)=O)cc1. The van der Waals surface area contributed by atoms with Gasteiger partial charge in [0, 0.05) is 5.57 Å². The summed E-state index contributed by atoms with van der Waals surface area (Å²) in [5.41, 5.74) is 3.12. The van der Waals surface area contributed by atoms with Crippen molar-refractivity contribution in [2.45, 2.75) is 25.1 Å². The Labute approximate surface area is 113 Å². The van der Waals surface area contributed by atoms with Gasteiger partial charge in [0.05, 0.1) is 4.83 Å². The summed E-state index contributed by atoms with van der Waals surface area (Å²) in [5.74, 6) is 0.0679. The fourth-order valence-corrected chi connectivity index (χ4v) is 3.11. The number of ketones is 1. The van der Waals surface area contributed by atoms with Crippen molar-refractivity contribution in [3.63, 3.8) is 0 Å². The third-order valence-electron chi connectivity index (χ3n) is 2.48. The first kappa shape index (κ1) is 13.7. The third-order valence-corrected chi connectivity index (χ3v) is 3.99. The number of Topliss-reactive ketones (excluding diaryl/α,β-unsaturated/α-hetero) is 1. The first-order chi connectivity index (χ1) is 7.60. The van der Waals surface area contributed by atoms with E-state index in [-0.39, 0.29) is 10.6 Å². The number of carbonyl (C=O) groups is 1. The molecule has 1 rings (SSSR count). The van der Waals surface area contributed by atoms with Crippen LogP contribution in [-0.2, 0) is 11.2 Å². The molecule has 0 amide bonds. The van der Waals surface area contributed by atoms with Gasteiger partial charge in [0.1, 0.15) is 0 Å². The first-order valence-electron chi connectivity index (χ1n) is 5.14. The number of hydrogen-bond acceptors (Lipinski definition) is 1. The molecule has 1 aromatic carbocycles. The summed E-state index contributed by atoms with van der Waals surface area (Å²) in [6.07, 6.45) is 1.03. The predicted molar refractivity (Wildman–Crippen MR) is 75.2 cm³/mol. The van der Waals surface area contributed by atoms with E-state index in [4.69, 9.17) is 0 Å². The zero-order valence-corrected chi connectivity index (χ0v) is 12.5. The predicted octanol–water partition coefficient (Wildman–Crippen LogP) is 4.55. The second kappa shape index (κ2) is 6.36. The van der Waals surface area contributed by atoms with Gasteiger partial charge in [-0.05, 0) is 29.5 Å². The minimum atomic E-state index is -0.0460. The monoisotopic (exact) mass is 344 g/mol. The minimum absolute atomic E-state index is 0.0460. The van der Waals surface area contributed by atoms with Gasteiger partial charge in [-0.15, -0.1) is 0 Å². The van der Waals surface area contributed by atoms with Gasteiger partial charge in [-0.2, -0.15) is 0 Å². The second-order valence-electron chi connectivity index (χ2n) is 3.58. The fourth-order valence-electron chi connectivity index (χ4n) is 1.41. The maximum Gasteiger partial charge on any atom is 0.157 e. The standard InChI is InChI=1S/C13H14Br2O/c1-3-10-4-6-11(7-5-10)13(15)12(8-14)9(2)16/h4-8,13H,3H2,1-2H3/b12-8+. The molecule has 0 aliphatic carbocycles. The summed E-state index contributed by atoms with van der Waals surface area (Å²) in [7, 11) is 0. The summed E-state index contributed by atoms with van der Waals surface area (Å²) < 4.78 is 0. The van der Waals surface area contributed by atoms with Crippen molar-refractivity contribution >= 4 is 37.6 Å². The van der Waals surface area contributed by atoms with Crippen LogP contribution in [0.2, 0.25) is 0 Å². The highest BCUT2D eigenvalue weighted by Gasteiger charge is 2.16. The lowest BCUT2D eigenvalue weighted by atomic mass is 10.0. The normalized spacial score (nSPS) is 13.6. The van der Waals surface area contributed by atoms with Crippen molar-refractivity contribution < 1.29 is 4.79 Å². The summed E-state index contributed by atoms with van der Waals surface area (Å²) in [5, 5.41) is 0. The summed E-state index contributed by atoms with van der Waals surface area (Å²) in [4.78, 5) is 13.0. The lowest BCUT2D eigenvalue weighted by molar-refractivity contribution is -0.113. The molecule has 1 unspecified atom stereocenters. The van der Waals surface area contributed by atoms with Crippen LogP contribution < -0.4 is 0 Å². The summed E-state index contributed by atoms with van der Waals surface area (Å²) in [6.45, 7) is 3.70. The molecule has 86 valence electrons. The van der Waals surface area contributed by atoms with Gasteiger partial charge in [-0.3, -0.25) is 4.79 Å². The van der Waals surface area contributed by atoms with Gasteiger partial charge in [0.15, 0.2) is 5.78 Å². The quantitative estimate of drug-likeness (QED) is 0.577. The molecular formula is C13H14Br2O. The Bertz CT molecular complexity index is 393. The van der Waals surface area contributed by atoms with Gasteiger partial charge in [0.2, 0.25) is 0 Å². The van der Waals surface area contributed by atoms with Crippen LogP contribution in [0.15, 0.2) is 34.8 Å². The molecule has 0 aromatic heterocycles. The Kier molecular flexibility index (Phi) is 5.42. The van der Waals surface area contributed by atoms with E-state index in [1.807, 2.05) is 0 Å². The number of alkyl halides is 1. The maximum absolute atomic E-state index is 11.4. The zero-order chi connectivity index (χ0) is 12.1. The van der Waals surface area contributed by atoms with Crippen molar-refractivity contribution in [2.75, 3.05) is 0 Å². The smallest absolute Gasteiger partial charge is 0.157 e. The molecular weight excluding hydrogens is 332 g/mol. The van der Waals surface area contributed by atoms with Gasteiger partial charge in [-0.25, -0.2) is 0 Å². The first-order valence-corrected chi connectivity index (χ1v) is 6.97. The Hall–Kier alpha value is -0.410. The highest BCUT2D eigenvalue weighted by molar-refractivity contribution is 9.11.